The third-order valence-electron chi connectivity index (χ3n) is 3.08. The molecule has 1 heterocycles. The SMILES string of the molecule is C/C(=C\c1ccc(C)c2ncccc12)N(C)C=O. The topological polar surface area (TPSA) is 33.2 Å². The molecule has 1 aromatic heterocycles. The third-order valence-corrected chi connectivity index (χ3v) is 3.08. The van der Waals surface area contributed by atoms with Crippen LogP contribution in [0.5, 0.6) is 0 Å². The van der Waals surface area contributed by atoms with Gasteiger partial charge < -0.3 is 4.90 Å². The Kier molecular flexibility index (Phi) is 3.42. The highest BCUT2D eigenvalue weighted by atomic mass is 16.1. The molecule has 0 saturated carbocycles. The van der Waals surface area contributed by atoms with Gasteiger partial charge in [-0.2, -0.15) is 0 Å². The van der Waals surface area contributed by atoms with Crippen molar-refractivity contribution in [2.75, 3.05) is 7.05 Å². The normalized spacial score (nSPS) is 11.6. The average Bonchev–Trinajstić information content (AvgIpc) is 2.41. The number of rotatable bonds is 3. The minimum Gasteiger partial charge on any atom is -0.322 e. The number of hydrogen-bond acceptors (Lipinski definition) is 2. The third kappa shape index (κ3) is 2.25. The number of carbonyl (C=O) groups is 1. The summed E-state index contributed by atoms with van der Waals surface area (Å²) in [5, 5.41) is 1.11. The molecule has 2 aromatic rings. The first kappa shape index (κ1) is 12.3. The molecule has 2 rings (SSSR count). The van der Waals surface area contributed by atoms with E-state index < -0.39 is 0 Å². The van der Waals surface area contributed by atoms with E-state index in [-0.39, 0.29) is 0 Å². The number of hydrogen-bond donors (Lipinski definition) is 0. The van der Waals surface area contributed by atoms with Gasteiger partial charge in [-0.05, 0) is 37.1 Å². The molecular formula is C15H16N2O. The molecule has 1 amide bonds. The second-order valence-corrected chi connectivity index (χ2v) is 4.37. The van der Waals surface area contributed by atoms with Crippen molar-refractivity contribution < 1.29 is 4.79 Å². The van der Waals surface area contributed by atoms with Crippen LogP contribution in [0.4, 0.5) is 0 Å². The maximum Gasteiger partial charge on any atom is 0.213 e. The Hall–Kier alpha value is -2.16. The molecule has 0 aliphatic rings. The summed E-state index contributed by atoms with van der Waals surface area (Å²) in [6.45, 7) is 3.96. The highest BCUT2D eigenvalue weighted by Gasteiger charge is 2.04. The molecule has 0 N–H and O–H groups in total. The van der Waals surface area contributed by atoms with Crippen molar-refractivity contribution in [3.8, 4) is 0 Å². The van der Waals surface area contributed by atoms with Crippen LogP contribution in [0.15, 0.2) is 36.2 Å². The molecule has 0 fully saturated rings. The lowest BCUT2D eigenvalue weighted by Gasteiger charge is -2.12. The van der Waals surface area contributed by atoms with Crippen LogP contribution < -0.4 is 0 Å². The molecule has 0 aliphatic carbocycles. The highest BCUT2D eigenvalue weighted by Crippen LogP contribution is 2.22. The van der Waals surface area contributed by atoms with Crippen molar-refractivity contribution in [1.29, 1.82) is 0 Å². The summed E-state index contributed by atoms with van der Waals surface area (Å²) in [7, 11) is 1.74. The first-order valence-electron chi connectivity index (χ1n) is 5.84. The Morgan fingerprint density at radius 2 is 2.11 bits per heavy atom. The van der Waals surface area contributed by atoms with Crippen molar-refractivity contribution in [3.05, 3.63) is 47.3 Å². The summed E-state index contributed by atoms with van der Waals surface area (Å²) < 4.78 is 0. The smallest absolute Gasteiger partial charge is 0.213 e. The molecule has 0 aliphatic heterocycles. The summed E-state index contributed by atoms with van der Waals surface area (Å²) in [6.07, 6.45) is 4.60. The Morgan fingerprint density at radius 3 is 2.83 bits per heavy atom. The zero-order chi connectivity index (χ0) is 13.1. The monoisotopic (exact) mass is 240 g/mol. The Balaban J connectivity index is 2.59. The zero-order valence-corrected chi connectivity index (χ0v) is 10.8. The first-order valence-corrected chi connectivity index (χ1v) is 5.84. The molecule has 18 heavy (non-hydrogen) atoms. The molecule has 92 valence electrons. The van der Waals surface area contributed by atoms with Gasteiger partial charge in [-0.15, -0.1) is 0 Å². The van der Waals surface area contributed by atoms with E-state index in [9.17, 15) is 4.79 Å². The number of fused-ring (bicyclic) bond motifs is 1. The lowest BCUT2D eigenvalue weighted by Crippen LogP contribution is -2.12. The van der Waals surface area contributed by atoms with Gasteiger partial charge in [0, 0.05) is 24.3 Å². The van der Waals surface area contributed by atoms with E-state index >= 15 is 0 Å². The predicted octanol–water partition coefficient (Wildman–Crippen LogP) is 2.99. The molecule has 3 heteroatoms. The number of amides is 1. The minimum absolute atomic E-state index is 0.806. The van der Waals surface area contributed by atoms with Crippen LogP contribution in [0.3, 0.4) is 0 Å². The van der Waals surface area contributed by atoms with Gasteiger partial charge in [-0.25, -0.2) is 0 Å². The van der Waals surface area contributed by atoms with E-state index in [1.54, 1.807) is 18.1 Å². The number of aromatic nitrogens is 1. The maximum absolute atomic E-state index is 10.7. The van der Waals surface area contributed by atoms with E-state index in [2.05, 4.69) is 23.2 Å². The van der Waals surface area contributed by atoms with Crippen LogP contribution in [0.25, 0.3) is 17.0 Å². The lowest BCUT2D eigenvalue weighted by atomic mass is 10.0. The molecule has 0 saturated heterocycles. The quantitative estimate of drug-likeness (QED) is 0.773. The van der Waals surface area contributed by atoms with Gasteiger partial charge >= 0.3 is 0 Å². The van der Waals surface area contributed by atoms with Gasteiger partial charge in [0.1, 0.15) is 0 Å². The molecule has 3 nitrogen and oxygen atoms in total. The van der Waals surface area contributed by atoms with Gasteiger partial charge in [-0.3, -0.25) is 9.78 Å². The summed E-state index contributed by atoms with van der Waals surface area (Å²) >= 11 is 0. The second-order valence-electron chi connectivity index (χ2n) is 4.37. The van der Waals surface area contributed by atoms with E-state index in [0.717, 1.165) is 34.1 Å². The largest absolute Gasteiger partial charge is 0.322 e. The number of allylic oxidation sites excluding steroid dienone is 1. The number of pyridine rings is 1. The minimum atomic E-state index is 0.806. The fourth-order valence-corrected chi connectivity index (χ4v) is 1.87. The summed E-state index contributed by atoms with van der Waals surface area (Å²) in [5.74, 6) is 0. The van der Waals surface area contributed by atoms with Crippen LogP contribution in [0.1, 0.15) is 18.1 Å². The second kappa shape index (κ2) is 5.00. The van der Waals surface area contributed by atoms with Gasteiger partial charge in [0.05, 0.1) is 5.52 Å². The van der Waals surface area contributed by atoms with E-state index in [1.807, 2.05) is 26.0 Å². The van der Waals surface area contributed by atoms with E-state index in [4.69, 9.17) is 0 Å². The van der Waals surface area contributed by atoms with Crippen molar-refractivity contribution in [2.45, 2.75) is 13.8 Å². The van der Waals surface area contributed by atoms with Gasteiger partial charge in [0.2, 0.25) is 6.41 Å². The average molecular weight is 240 g/mol. The molecule has 0 unspecified atom stereocenters. The van der Waals surface area contributed by atoms with Crippen molar-refractivity contribution in [1.82, 2.24) is 9.88 Å². The van der Waals surface area contributed by atoms with E-state index in [1.165, 1.54) is 0 Å². The Bertz CT molecular complexity index is 617. The molecule has 0 atom stereocenters. The molecular weight excluding hydrogens is 224 g/mol. The van der Waals surface area contributed by atoms with Crippen LogP contribution in [-0.4, -0.2) is 23.3 Å². The van der Waals surface area contributed by atoms with Crippen LogP contribution in [-0.2, 0) is 4.79 Å². The fraction of sp³-hybridized carbons (Fsp3) is 0.200. The Labute approximate surface area is 107 Å². The van der Waals surface area contributed by atoms with E-state index in [0.29, 0.717) is 0 Å². The molecule has 0 radical (unpaired) electrons. The van der Waals surface area contributed by atoms with Crippen LogP contribution in [0, 0.1) is 6.92 Å². The number of nitrogens with zero attached hydrogens (tertiary/aromatic N) is 2. The number of carbonyl (C=O) groups excluding carboxylic acids is 1. The first-order chi connectivity index (χ1) is 8.63. The van der Waals surface area contributed by atoms with Gasteiger partial charge in [0.15, 0.2) is 0 Å². The summed E-state index contributed by atoms with van der Waals surface area (Å²) in [6, 6.07) is 8.09. The highest BCUT2D eigenvalue weighted by molar-refractivity contribution is 5.90. The molecule has 1 aromatic carbocycles. The van der Waals surface area contributed by atoms with Crippen molar-refractivity contribution in [3.63, 3.8) is 0 Å². The number of aryl methyl sites for hydroxylation is 1. The lowest BCUT2D eigenvalue weighted by molar-refractivity contribution is -0.115. The van der Waals surface area contributed by atoms with Crippen LogP contribution in [0.2, 0.25) is 0 Å². The number of benzene rings is 1. The summed E-state index contributed by atoms with van der Waals surface area (Å²) in [4.78, 5) is 16.7. The van der Waals surface area contributed by atoms with Crippen LogP contribution >= 0.6 is 0 Å². The predicted molar refractivity (Wildman–Crippen MR) is 74.0 cm³/mol. The van der Waals surface area contributed by atoms with Crippen molar-refractivity contribution >= 4 is 23.4 Å². The molecule has 0 bridgehead atoms. The Morgan fingerprint density at radius 1 is 1.33 bits per heavy atom. The maximum atomic E-state index is 10.7. The van der Waals surface area contributed by atoms with Gasteiger partial charge in [0.25, 0.3) is 0 Å². The van der Waals surface area contributed by atoms with Gasteiger partial charge in [-0.1, -0.05) is 18.2 Å². The summed E-state index contributed by atoms with van der Waals surface area (Å²) in [5.41, 5.74) is 4.14. The molecule has 0 spiro atoms. The van der Waals surface area contributed by atoms with Crippen molar-refractivity contribution in [2.24, 2.45) is 0 Å². The zero-order valence-electron chi connectivity index (χ0n) is 10.8. The fourth-order valence-electron chi connectivity index (χ4n) is 1.87. The standard InChI is InChI=1S/C15H16N2O/c1-11-6-7-13(9-12(2)17(3)10-18)14-5-4-8-16-15(11)14/h4-10H,1-3H3/b12-9+.